The number of amides is 2. The summed E-state index contributed by atoms with van der Waals surface area (Å²) in [6.45, 7) is 7.27. The predicted octanol–water partition coefficient (Wildman–Crippen LogP) is 6.32. The summed E-state index contributed by atoms with van der Waals surface area (Å²) in [5.41, 5.74) is 2.89. The van der Waals surface area contributed by atoms with Gasteiger partial charge in [0.05, 0.1) is 17.6 Å². The van der Waals surface area contributed by atoms with Crippen LogP contribution >= 0.6 is 11.3 Å². The molecule has 0 spiro atoms. The fourth-order valence-electron chi connectivity index (χ4n) is 4.86. The van der Waals surface area contributed by atoms with Crippen LogP contribution in [0.3, 0.4) is 0 Å². The van der Waals surface area contributed by atoms with E-state index in [1.165, 1.54) is 76.1 Å². The van der Waals surface area contributed by atoms with E-state index in [4.69, 9.17) is 4.74 Å². The monoisotopic (exact) mass is 657 g/mol. The maximum atomic E-state index is 12.6. The second-order valence-corrected chi connectivity index (χ2v) is 11.9. The van der Waals surface area contributed by atoms with Gasteiger partial charge >= 0.3 is 6.03 Å². The molecule has 0 unspecified atom stereocenters. The number of anilines is 2. The molecule has 0 aliphatic heterocycles. The summed E-state index contributed by atoms with van der Waals surface area (Å²) in [5.74, 6) is 0.480. The number of Topliss-reactive ketones (excluding diaryl/α,β-unsaturated/α-hetero) is 1. The van der Waals surface area contributed by atoms with Gasteiger partial charge in [0.15, 0.2) is 18.5 Å². The molecule has 0 radical (unpaired) electrons. The number of halogens is 1. The molecule has 3 rings (SSSR count). The number of aromatic nitrogens is 1. The molecule has 2 aromatic carbocycles. The number of ketones is 1. The Hall–Kier alpha value is -2.71. The highest BCUT2D eigenvalue weighted by molar-refractivity contribution is 7.09. The third-order valence-corrected chi connectivity index (χ3v) is 8.15. The molecule has 0 atom stereocenters. The van der Waals surface area contributed by atoms with Gasteiger partial charge in [-0.3, -0.25) is 4.79 Å². The standard InChI is InChI=1S/C34H47N3O3S.BrH/c1-4-5-6-7-8-9-10-11-12-13-14-15-23-40-33-21-20-31(25-32(33)27(2)38)36-34(39)35-30-18-16-29(17-19-30)26-37-22-24-41-28(37)3;/h16-22,24-25H,4-15,23,26H2,1-3H3,(H-,35,36,39);1H. The molecule has 6 nitrogen and oxygen atoms in total. The number of thiazole rings is 1. The molecule has 0 aliphatic carbocycles. The van der Waals surface area contributed by atoms with Crippen LogP contribution in [0, 0.1) is 6.92 Å². The third-order valence-electron chi connectivity index (χ3n) is 7.32. The highest BCUT2D eigenvalue weighted by Crippen LogP contribution is 2.24. The normalized spacial score (nSPS) is 10.6. The number of carbonyl (C=O) groups is 2. The van der Waals surface area contributed by atoms with Crippen LogP contribution in [0.1, 0.15) is 112 Å². The number of benzene rings is 2. The molecule has 2 amide bonds. The van der Waals surface area contributed by atoms with Gasteiger partial charge in [-0.15, -0.1) is 0 Å². The van der Waals surface area contributed by atoms with Gasteiger partial charge in [-0.25, -0.2) is 4.79 Å². The van der Waals surface area contributed by atoms with E-state index >= 15 is 0 Å². The minimum atomic E-state index is -0.361. The number of hydrogen-bond donors (Lipinski definition) is 2. The molecule has 230 valence electrons. The van der Waals surface area contributed by atoms with E-state index in [1.54, 1.807) is 29.5 Å². The van der Waals surface area contributed by atoms with Crippen LogP contribution in [-0.2, 0) is 6.54 Å². The fraction of sp³-hybridized carbons (Fsp3) is 0.500. The van der Waals surface area contributed by atoms with E-state index in [-0.39, 0.29) is 28.8 Å². The summed E-state index contributed by atoms with van der Waals surface area (Å²) in [6.07, 6.45) is 17.6. The van der Waals surface area contributed by atoms with Crippen molar-refractivity contribution in [3.63, 3.8) is 0 Å². The number of carbonyl (C=O) groups excluding carboxylic acids is 2. The van der Waals surface area contributed by atoms with Gasteiger partial charge in [0.2, 0.25) is 5.01 Å². The Morgan fingerprint density at radius 2 is 1.38 bits per heavy atom. The molecule has 2 N–H and O–H groups in total. The molecular weight excluding hydrogens is 610 g/mol. The van der Waals surface area contributed by atoms with Crippen LogP contribution in [0.25, 0.3) is 0 Å². The fourth-order valence-corrected chi connectivity index (χ4v) is 5.52. The molecular formula is C34H48BrN3O3S. The van der Waals surface area contributed by atoms with E-state index < -0.39 is 0 Å². The molecule has 0 fully saturated rings. The smallest absolute Gasteiger partial charge is 0.323 e. The van der Waals surface area contributed by atoms with Crippen molar-refractivity contribution in [1.82, 2.24) is 0 Å². The van der Waals surface area contributed by atoms with E-state index in [2.05, 4.69) is 40.6 Å². The van der Waals surface area contributed by atoms with Gasteiger partial charge in [-0.1, -0.05) is 101 Å². The van der Waals surface area contributed by atoms with Gasteiger partial charge in [0.25, 0.3) is 0 Å². The Balaban J connectivity index is 0.00000616. The lowest BCUT2D eigenvalue weighted by molar-refractivity contribution is -0.689. The maximum Gasteiger partial charge on any atom is 0.323 e. The Bertz CT molecular complexity index is 1210. The van der Waals surface area contributed by atoms with Gasteiger partial charge in [0, 0.05) is 23.9 Å². The lowest BCUT2D eigenvalue weighted by Crippen LogP contribution is -3.00. The average Bonchev–Trinajstić information content (AvgIpc) is 3.36. The molecule has 0 bridgehead atoms. The number of unbranched alkanes of at least 4 members (excludes halogenated alkanes) is 11. The van der Waals surface area contributed by atoms with Crippen molar-refractivity contribution in [3.8, 4) is 5.75 Å². The van der Waals surface area contributed by atoms with E-state index in [9.17, 15) is 9.59 Å². The predicted molar refractivity (Wildman–Crippen MR) is 170 cm³/mol. The van der Waals surface area contributed by atoms with E-state index in [0.717, 1.165) is 24.9 Å². The zero-order valence-electron chi connectivity index (χ0n) is 25.6. The maximum absolute atomic E-state index is 12.6. The Morgan fingerprint density at radius 3 is 1.95 bits per heavy atom. The number of ether oxygens (including phenoxy) is 1. The molecule has 0 saturated carbocycles. The summed E-state index contributed by atoms with van der Waals surface area (Å²) in [7, 11) is 0. The Kier molecular flexibility index (Phi) is 17.1. The first kappa shape index (κ1) is 35.5. The summed E-state index contributed by atoms with van der Waals surface area (Å²) < 4.78 is 8.14. The van der Waals surface area contributed by atoms with Crippen molar-refractivity contribution in [1.29, 1.82) is 0 Å². The molecule has 1 heterocycles. The summed E-state index contributed by atoms with van der Waals surface area (Å²) in [4.78, 5) is 24.9. The van der Waals surface area contributed by atoms with Crippen molar-refractivity contribution in [2.75, 3.05) is 17.2 Å². The van der Waals surface area contributed by atoms with Crippen LogP contribution in [0.5, 0.6) is 5.75 Å². The molecule has 42 heavy (non-hydrogen) atoms. The van der Waals surface area contributed by atoms with E-state index in [1.807, 2.05) is 24.3 Å². The lowest BCUT2D eigenvalue weighted by Gasteiger charge is -2.13. The first-order chi connectivity index (χ1) is 20.0. The second kappa shape index (κ2) is 20.2. The van der Waals surface area contributed by atoms with Crippen molar-refractivity contribution in [2.45, 2.75) is 104 Å². The van der Waals surface area contributed by atoms with Crippen molar-refractivity contribution >= 4 is 34.5 Å². The number of nitrogens with zero attached hydrogens (tertiary/aromatic N) is 1. The average molecular weight is 659 g/mol. The quantitative estimate of drug-likeness (QED) is 0.0900. The second-order valence-electron chi connectivity index (χ2n) is 10.8. The van der Waals surface area contributed by atoms with Crippen LogP contribution in [0.2, 0.25) is 0 Å². The minimum Gasteiger partial charge on any atom is -1.00 e. The van der Waals surface area contributed by atoms with Crippen molar-refractivity contribution in [3.05, 3.63) is 70.2 Å². The Morgan fingerprint density at radius 1 is 0.810 bits per heavy atom. The topological polar surface area (TPSA) is 71.3 Å². The van der Waals surface area contributed by atoms with Crippen LogP contribution in [0.4, 0.5) is 16.2 Å². The zero-order valence-corrected chi connectivity index (χ0v) is 28.0. The first-order valence-electron chi connectivity index (χ1n) is 15.3. The van der Waals surface area contributed by atoms with Crippen LogP contribution in [-0.4, -0.2) is 18.4 Å². The van der Waals surface area contributed by atoms with Gasteiger partial charge in [-0.2, -0.15) is 4.57 Å². The molecule has 0 saturated heterocycles. The molecule has 0 aliphatic rings. The SMILES string of the molecule is CCCCCCCCCCCCCCOc1ccc(NC(=O)Nc2ccc(C[n+]3ccsc3C)cc2)cc1C(C)=O.[Br-]. The van der Waals surface area contributed by atoms with Crippen molar-refractivity contribution < 1.29 is 35.9 Å². The van der Waals surface area contributed by atoms with Crippen LogP contribution in [0.15, 0.2) is 54.0 Å². The van der Waals surface area contributed by atoms with Crippen LogP contribution < -0.4 is 36.9 Å². The zero-order chi connectivity index (χ0) is 29.3. The lowest BCUT2D eigenvalue weighted by atomic mass is 10.1. The summed E-state index contributed by atoms with van der Waals surface area (Å²) >= 11 is 1.72. The number of urea groups is 1. The molecule has 8 heteroatoms. The largest absolute Gasteiger partial charge is 1.00 e. The van der Waals surface area contributed by atoms with Crippen molar-refractivity contribution in [2.24, 2.45) is 0 Å². The first-order valence-corrected chi connectivity index (χ1v) is 16.2. The number of aryl methyl sites for hydroxylation is 1. The minimum absolute atomic E-state index is 0. The summed E-state index contributed by atoms with van der Waals surface area (Å²) in [6, 6.07) is 12.7. The molecule has 1 aromatic heterocycles. The highest BCUT2D eigenvalue weighted by Gasteiger charge is 2.12. The summed E-state index contributed by atoms with van der Waals surface area (Å²) in [5, 5.41) is 9.01. The van der Waals surface area contributed by atoms with Gasteiger partial charge in [-0.05, 0) is 43.7 Å². The van der Waals surface area contributed by atoms with Gasteiger partial charge in [0.1, 0.15) is 5.75 Å². The molecule has 3 aromatic rings. The van der Waals surface area contributed by atoms with E-state index in [0.29, 0.717) is 29.3 Å². The number of hydrogen-bond acceptors (Lipinski definition) is 4. The number of rotatable bonds is 19. The highest BCUT2D eigenvalue weighted by atomic mass is 79.9. The number of nitrogens with one attached hydrogen (secondary N) is 2. The van der Waals surface area contributed by atoms with Gasteiger partial charge < -0.3 is 32.4 Å². The third kappa shape index (κ3) is 13.1. The Labute approximate surface area is 267 Å².